The Kier molecular flexibility index (Phi) is 5.24. The van der Waals surface area contributed by atoms with Gasteiger partial charge in [0.15, 0.2) is 0 Å². The summed E-state index contributed by atoms with van der Waals surface area (Å²) in [7, 11) is 0. The number of nitrogens with one attached hydrogen (secondary N) is 1. The second-order valence-electron chi connectivity index (χ2n) is 5.76. The molecule has 1 aromatic heterocycles. The first-order chi connectivity index (χ1) is 10.8. The van der Waals surface area contributed by atoms with Gasteiger partial charge in [-0.2, -0.15) is 0 Å². The van der Waals surface area contributed by atoms with Gasteiger partial charge in [-0.15, -0.1) is 11.3 Å². The zero-order valence-electron chi connectivity index (χ0n) is 12.7. The minimum atomic E-state index is -0.0431. The lowest BCUT2D eigenvalue weighted by atomic mass is 10.1. The average Bonchev–Trinajstić information content (AvgIpc) is 3.08. The maximum absolute atomic E-state index is 12.4. The van der Waals surface area contributed by atoms with E-state index in [4.69, 9.17) is 0 Å². The Morgan fingerprint density at radius 2 is 1.86 bits per heavy atom. The molecule has 4 heteroatoms. The van der Waals surface area contributed by atoms with Gasteiger partial charge in [0.2, 0.25) is 5.91 Å². The van der Waals surface area contributed by atoms with Crippen LogP contribution in [0.3, 0.4) is 0 Å². The van der Waals surface area contributed by atoms with Crippen molar-refractivity contribution in [2.45, 2.75) is 25.3 Å². The maximum atomic E-state index is 12.4. The van der Waals surface area contributed by atoms with Crippen LogP contribution >= 0.6 is 11.3 Å². The third-order valence-electron chi connectivity index (χ3n) is 4.08. The van der Waals surface area contributed by atoms with E-state index in [-0.39, 0.29) is 11.9 Å². The van der Waals surface area contributed by atoms with Crippen LogP contribution in [0.1, 0.15) is 35.7 Å². The van der Waals surface area contributed by atoms with E-state index < -0.39 is 0 Å². The van der Waals surface area contributed by atoms with Crippen LogP contribution in [0, 0.1) is 0 Å². The number of likely N-dealkylation sites (tertiary alicyclic amines) is 1. The van der Waals surface area contributed by atoms with Crippen molar-refractivity contribution in [1.29, 1.82) is 0 Å². The number of hydrogen-bond acceptors (Lipinski definition) is 3. The number of carbonyl (C=O) groups excluding carboxylic acids is 1. The predicted octanol–water partition coefficient (Wildman–Crippen LogP) is 3.44. The quantitative estimate of drug-likeness (QED) is 0.917. The van der Waals surface area contributed by atoms with E-state index in [0.717, 1.165) is 18.7 Å². The van der Waals surface area contributed by atoms with Crippen LogP contribution in [0.25, 0.3) is 0 Å². The number of benzene rings is 1. The molecule has 116 valence electrons. The summed E-state index contributed by atoms with van der Waals surface area (Å²) in [5.41, 5.74) is 1.14. The molecule has 3 rings (SSSR count). The van der Waals surface area contributed by atoms with Gasteiger partial charge in [-0.25, -0.2) is 0 Å². The molecule has 2 heterocycles. The van der Waals surface area contributed by atoms with Crippen molar-refractivity contribution in [3.05, 3.63) is 58.3 Å². The normalized spacial score (nSPS) is 17.1. The van der Waals surface area contributed by atoms with E-state index in [0.29, 0.717) is 6.54 Å². The fourth-order valence-corrected chi connectivity index (χ4v) is 3.75. The summed E-state index contributed by atoms with van der Waals surface area (Å²) in [6.45, 7) is 2.60. The molecule has 0 saturated carbocycles. The highest BCUT2D eigenvalue weighted by molar-refractivity contribution is 7.10. The SMILES string of the molecule is O=C(CN1CCCCC1)N[C@@H](c1ccccc1)c1cccs1. The maximum Gasteiger partial charge on any atom is 0.234 e. The van der Waals surface area contributed by atoms with Crippen molar-refractivity contribution in [3.8, 4) is 0 Å². The van der Waals surface area contributed by atoms with Crippen molar-refractivity contribution in [2.75, 3.05) is 19.6 Å². The van der Waals surface area contributed by atoms with E-state index in [1.807, 2.05) is 24.3 Å². The Morgan fingerprint density at radius 1 is 1.09 bits per heavy atom. The molecular formula is C18H22N2OS. The fourth-order valence-electron chi connectivity index (χ4n) is 2.95. The van der Waals surface area contributed by atoms with Gasteiger partial charge in [-0.05, 0) is 42.9 Å². The highest BCUT2D eigenvalue weighted by Gasteiger charge is 2.20. The lowest BCUT2D eigenvalue weighted by molar-refractivity contribution is -0.122. The van der Waals surface area contributed by atoms with Crippen LogP contribution in [0.5, 0.6) is 0 Å². The number of amides is 1. The molecule has 1 N–H and O–H groups in total. The zero-order chi connectivity index (χ0) is 15.2. The van der Waals surface area contributed by atoms with Crippen molar-refractivity contribution >= 4 is 17.2 Å². The van der Waals surface area contributed by atoms with E-state index in [1.54, 1.807) is 11.3 Å². The van der Waals surface area contributed by atoms with E-state index in [9.17, 15) is 4.79 Å². The highest BCUT2D eigenvalue weighted by atomic mass is 32.1. The molecule has 1 atom stereocenters. The Labute approximate surface area is 136 Å². The van der Waals surface area contributed by atoms with E-state index in [2.05, 4.69) is 33.8 Å². The van der Waals surface area contributed by atoms with Crippen LogP contribution < -0.4 is 5.32 Å². The molecule has 1 amide bonds. The van der Waals surface area contributed by atoms with Crippen molar-refractivity contribution < 1.29 is 4.79 Å². The molecule has 1 aliphatic rings. The molecule has 22 heavy (non-hydrogen) atoms. The third kappa shape index (κ3) is 3.96. The lowest BCUT2D eigenvalue weighted by Crippen LogP contribution is -2.41. The molecule has 1 aliphatic heterocycles. The summed E-state index contributed by atoms with van der Waals surface area (Å²) >= 11 is 1.69. The second-order valence-corrected chi connectivity index (χ2v) is 6.74. The first-order valence-corrected chi connectivity index (χ1v) is 8.81. The summed E-state index contributed by atoms with van der Waals surface area (Å²) in [5.74, 6) is 0.115. The average molecular weight is 314 g/mol. The van der Waals surface area contributed by atoms with Gasteiger partial charge in [0.1, 0.15) is 0 Å². The molecule has 1 saturated heterocycles. The van der Waals surface area contributed by atoms with Crippen molar-refractivity contribution in [3.63, 3.8) is 0 Å². The number of carbonyl (C=O) groups is 1. The standard InChI is InChI=1S/C18H22N2OS/c21-17(14-20-11-5-2-6-12-20)19-18(16-10-7-13-22-16)15-8-3-1-4-9-15/h1,3-4,7-10,13,18H,2,5-6,11-12,14H2,(H,19,21)/t18-/m0/s1. The van der Waals surface area contributed by atoms with Crippen molar-refractivity contribution in [1.82, 2.24) is 10.2 Å². The summed E-state index contributed by atoms with van der Waals surface area (Å²) in [6, 6.07) is 14.3. The van der Waals surface area contributed by atoms with Crippen LogP contribution in [-0.2, 0) is 4.79 Å². The van der Waals surface area contributed by atoms with Crippen LogP contribution in [0.15, 0.2) is 47.8 Å². The molecule has 2 aromatic rings. The summed E-state index contributed by atoms with van der Waals surface area (Å²) in [5, 5.41) is 5.27. The van der Waals surface area contributed by atoms with Gasteiger partial charge in [0.05, 0.1) is 12.6 Å². The Morgan fingerprint density at radius 3 is 2.55 bits per heavy atom. The number of rotatable bonds is 5. The monoisotopic (exact) mass is 314 g/mol. The first-order valence-electron chi connectivity index (χ1n) is 7.93. The third-order valence-corrected chi connectivity index (χ3v) is 5.02. The molecular weight excluding hydrogens is 292 g/mol. The van der Waals surface area contributed by atoms with Gasteiger partial charge in [-0.3, -0.25) is 9.69 Å². The molecule has 0 spiro atoms. The van der Waals surface area contributed by atoms with E-state index in [1.165, 1.54) is 24.1 Å². The number of piperidine rings is 1. The largest absolute Gasteiger partial charge is 0.343 e. The van der Waals surface area contributed by atoms with Gasteiger partial charge in [0.25, 0.3) is 0 Å². The van der Waals surface area contributed by atoms with Crippen LogP contribution in [0.4, 0.5) is 0 Å². The number of thiophene rings is 1. The zero-order valence-corrected chi connectivity index (χ0v) is 13.5. The van der Waals surface area contributed by atoms with Crippen LogP contribution in [-0.4, -0.2) is 30.4 Å². The van der Waals surface area contributed by atoms with Crippen LogP contribution in [0.2, 0.25) is 0 Å². The van der Waals surface area contributed by atoms with E-state index >= 15 is 0 Å². The van der Waals surface area contributed by atoms with Gasteiger partial charge in [0, 0.05) is 4.88 Å². The molecule has 1 aromatic carbocycles. The molecule has 3 nitrogen and oxygen atoms in total. The van der Waals surface area contributed by atoms with Gasteiger partial charge < -0.3 is 5.32 Å². The molecule has 0 bridgehead atoms. The minimum absolute atomic E-state index is 0.0431. The second kappa shape index (κ2) is 7.56. The summed E-state index contributed by atoms with van der Waals surface area (Å²) in [4.78, 5) is 15.9. The molecule has 0 radical (unpaired) electrons. The number of hydrogen-bond donors (Lipinski definition) is 1. The Bertz CT molecular complexity index is 576. The molecule has 0 unspecified atom stereocenters. The highest BCUT2D eigenvalue weighted by Crippen LogP contribution is 2.25. The molecule has 1 fully saturated rings. The first kappa shape index (κ1) is 15.3. The Hall–Kier alpha value is -1.65. The fraction of sp³-hybridized carbons (Fsp3) is 0.389. The smallest absolute Gasteiger partial charge is 0.234 e. The molecule has 0 aliphatic carbocycles. The summed E-state index contributed by atoms with van der Waals surface area (Å²) in [6.07, 6.45) is 3.71. The summed E-state index contributed by atoms with van der Waals surface area (Å²) < 4.78 is 0. The number of nitrogens with zero attached hydrogens (tertiary/aromatic N) is 1. The topological polar surface area (TPSA) is 32.3 Å². The van der Waals surface area contributed by atoms with Gasteiger partial charge in [-0.1, -0.05) is 42.8 Å². The van der Waals surface area contributed by atoms with Crippen molar-refractivity contribution in [2.24, 2.45) is 0 Å². The van der Waals surface area contributed by atoms with Gasteiger partial charge >= 0.3 is 0 Å². The minimum Gasteiger partial charge on any atom is -0.343 e. The predicted molar refractivity (Wildman–Crippen MR) is 91.0 cm³/mol. The lowest BCUT2D eigenvalue weighted by Gasteiger charge is -2.27. The Balaban J connectivity index is 1.69.